The SMILES string of the molecule is CC(=O)C(=O)NCc1c(C)cc(C(C)(C)C)cc1C. The molecule has 1 amide bonds. The van der Waals surface area contributed by atoms with Crippen LogP contribution in [0.4, 0.5) is 0 Å². The second-order valence-electron chi connectivity index (χ2n) is 6.08. The van der Waals surface area contributed by atoms with Crippen molar-refractivity contribution >= 4 is 11.7 Å². The molecule has 3 nitrogen and oxygen atoms in total. The van der Waals surface area contributed by atoms with Gasteiger partial charge >= 0.3 is 0 Å². The zero-order valence-corrected chi connectivity index (χ0v) is 12.7. The van der Waals surface area contributed by atoms with E-state index >= 15 is 0 Å². The number of amides is 1. The van der Waals surface area contributed by atoms with Crippen LogP contribution in [0.2, 0.25) is 0 Å². The van der Waals surface area contributed by atoms with Crippen LogP contribution in [-0.2, 0) is 21.5 Å². The molecule has 0 aliphatic heterocycles. The van der Waals surface area contributed by atoms with Gasteiger partial charge in [-0.1, -0.05) is 32.9 Å². The first kappa shape index (κ1) is 15.4. The molecule has 104 valence electrons. The number of benzene rings is 1. The Kier molecular flexibility index (Phi) is 4.51. The third-order valence-corrected chi connectivity index (χ3v) is 3.31. The molecule has 1 aromatic carbocycles. The van der Waals surface area contributed by atoms with Crippen molar-refractivity contribution in [2.75, 3.05) is 0 Å². The summed E-state index contributed by atoms with van der Waals surface area (Å²) in [6, 6.07) is 4.31. The van der Waals surface area contributed by atoms with Gasteiger partial charge in [0.1, 0.15) is 0 Å². The van der Waals surface area contributed by atoms with Gasteiger partial charge in [0.2, 0.25) is 5.78 Å². The molecule has 0 saturated heterocycles. The topological polar surface area (TPSA) is 46.2 Å². The standard InChI is InChI=1S/C16H23NO2/c1-10-7-13(16(4,5)6)8-11(2)14(10)9-17-15(19)12(3)18/h7-8H,9H2,1-6H3,(H,17,19). The first-order chi connectivity index (χ1) is 8.62. The Morgan fingerprint density at radius 2 is 1.58 bits per heavy atom. The summed E-state index contributed by atoms with van der Waals surface area (Å²) in [5.74, 6) is -0.986. The van der Waals surface area contributed by atoms with Crippen molar-refractivity contribution in [1.29, 1.82) is 0 Å². The minimum atomic E-state index is -0.529. The summed E-state index contributed by atoms with van der Waals surface area (Å²) >= 11 is 0. The van der Waals surface area contributed by atoms with Gasteiger partial charge < -0.3 is 5.32 Å². The fourth-order valence-corrected chi connectivity index (χ4v) is 2.00. The minimum absolute atomic E-state index is 0.108. The number of rotatable bonds is 3. The first-order valence-corrected chi connectivity index (χ1v) is 6.52. The highest BCUT2D eigenvalue weighted by molar-refractivity contribution is 6.35. The molecule has 0 fully saturated rings. The second-order valence-corrected chi connectivity index (χ2v) is 6.08. The van der Waals surface area contributed by atoms with Gasteiger partial charge in [-0.25, -0.2) is 0 Å². The van der Waals surface area contributed by atoms with E-state index < -0.39 is 11.7 Å². The first-order valence-electron chi connectivity index (χ1n) is 6.52. The van der Waals surface area contributed by atoms with Crippen molar-refractivity contribution < 1.29 is 9.59 Å². The van der Waals surface area contributed by atoms with Crippen molar-refractivity contribution in [2.45, 2.75) is 53.5 Å². The Morgan fingerprint density at radius 1 is 1.11 bits per heavy atom. The van der Waals surface area contributed by atoms with Crippen molar-refractivity contribution in [3.05, 3.63) is 34.4 Å². The molecule has 0 spiro atoms. The maximum Gasteiger partial charge on any atom is 0.287 e. The van der Waals surface area contributed by atoms with Crippen LogP contribution in [0, 0.1) is 13.8 Å². The van der Waals surface area contributed by atoms with Crippen LogP contribution in [0.25, 0.3) is 0 Å². The van der Waals surface area contributed by atoms with Crippen LogP contribution in [0.3, 0.4) is 0 Å². The smallest absolute Gasteiger partial charge is 0.287 e. The second kappa shape index (κ2) is 5.55. The third kappa shape index (κ3) is 3.91. The van der Waals surface area contributed by atoms with Crippen molar-refractivity contribution in [1.82, 2.24) is 5.32 Å². The highest BCUT2D eigenvalue weighted by atomic mass is 16.2. The van der Waals surface area contributed by atoms with Gasteiger partial charge in [-0.3, -0.25) is 9.59 Å². The Hall–Kier alpha value is -1.64. The van der Waals surface area contributed by atoms with E-state index in [0.717, 1.165) is 16.7 Å². The van der Waals surface area contributed by atoms with Gasteiger partial charge in [-0.05, 0) is 41.5 Å². The molecular formula is C16H23NO2. The average Bonchev–Trinajstić information content (AvgIpc) is 2.25. The molecule has 0 aliphatic carbocycles. The summed E-state index contributed by atoms with van der Waals surface area (Å²) in [4.78, 5) is 22.2. The zero-order valence-electron chi connectivity index (χ0n) is 12.7. The fourth-order valence-electron chi connectivity index (χ4n) is 2.00. The maximum atomic E-state index is 11.3. The van der Waals surface area contributed by atoms with Crippen LogP contribution >= 0.6 is 0 Å². The quantitative estimate of drug-likeness (QED) is 0.850. The maximum absolute atomic E-state index is 11.3. The van der Waals surface area contributed by atoms with Gasteiger partial charge in [0.15, 0.2) is 0 Å². The summed E-state index contributed by atoms with van der Waals surface area (Å²) in [5.41, 5.74) is 4.77. The largest absolute Gasteiger partial charge is 0.345 e. The molecule has 0 aliphatic rings. The van der Waals surface area contributed by atoms with E-state index in [2.05, 4.69) is 38.2 Å². The van der Waals surface area contributed by atoms with E-state index in [9.17, 15) is 9.59 Å². The lowest BCUT2D eigenvalue weighted by atomic mass is 9.84. The zero-order chi connectivity index (χ0) is 14.8. The van der Waals surface area contributed by atoms with Crippen molar-refractivity contribution in [2.24, 2.45) is 0 Å². The van der Waals surface area contributed by atoms with Crippen molar-refractivity contribution in [3.8, 4) is 0 Å². The predicted molar refractivity (Wildman–Crippen MR) is 77.1 cm³/mol. The number of Topliss-reactive ketones (excluding diaryl/α,β-unsaturated/α-hetero) is 1. The van der Waals surface area contributed by atoms with Gasteiger partial charge in [0, 0.05) is 13.5 Å². The molecule has 0 aromatic heterocycles. The molecule has 0 heterocycles. The lowest BCUT2D eigenvalue weighted by Crippen LogP contribution is -2.29. The van der Waals surface area contributed by atoms with Crippen LogP contribution in [0.1, 0.15) is 49.9 Å². The van der Waals surface area contributed by atoms with Crippen LogP contribution in [0.15, 0.2) is 12.1 Å². The molecule has 0 saturated carbocycles. The average molecular weight is 261 g/mol. The Morgan fingerprint density at radius 3 is 1.95 bits per heavy atom. The summed E-state index contributed by atoms with van der Waals surface area (Å²) < 4.78 is 0. The summed E-state index contributed by atoms with van der Waals surface area (Å²) in [5, 5.41) is 2.65. The third-order valence-electron chi connectivity index (χ3n) is 3.31. The molecule has 1 aromatic rings. The highest BCUT2D eigenvalue weighted by Gasteiger charge is 2.16. The van der Waals surface area contributed by atoms with Crippen LogP contribution in [0.5, 0.6) is 0 Å². The molecule has 0 bridgehead atoms. The molecule has 1 rings (SSSR count). The summed E-state index contributed by atoms with van der Waals surface area (Å²) in [7, 11) is 0. The number of nitrogens with one attached hydrogen (secondary N) is 1. The predicted octanol–water partition coefficient (Wildman–Crippen LogP) is 2.81. The van der Waals surface area contributed by atoms with Gasteiger partial charge in [-0.15, -0.1) is 0 Å². The highest BCUT2D eigenvalue weighted by Crippen LogP contribution is 2.26. The Bertz CT molecular complexity index is 487. The van der Waals surface area contributed by atoms with Gasteiger partial charge in [0.25, 0.3) is 5.91 Å². The number of hydrogen-bond donors (Lipinski definition) is 1. The molecule has 3 heteroatoms. The number of aryl methyl sites for hydroxylation is 2. The molecule has 0 atom stereocenters. The Balaban J connectivity index is 2.98. The normalized spacial score (nSPS) is 11.3. The van der Waals surface area contributed by atoms with Crippen LogP contribution < -0.4 is 5.32 Å². The monoisotopic (exact) mass is 261 g/mol. The lowest BCUT2D eigenvalue weighted by molar-refractivity contribution is -0.136. The number of ketones is 1. The molecule has 19 heavy (non-hydrogen) atoms. The van der Waals surface area contributed by atoms with E-state index in [4.69, 9.17) is 0 Å². The lowest BCUT2D eigenvalue weighted by Gasteiger charge is -2.22. The van der Waals surface area contributed by atoms with E-state index in [1.54, 1.807) is 0 Å². The fraction of sp³-hybridized carbons (Fsp3) is 0.500. The molecule has 1 N–H and O–H groups in total. The molecule has 0 unspecified atom stereocenters. The summed E-state index contributed by atoms with van der Waals surface area (Å²) in [6.45, 7) is 12.3. The molecular weight excluding hydrogens is 238 g/mol. The van der Waals surface area contributed by atoms with E-state index in [1.807, 2.05) is 13.8 Å². The van der Waals surface area contributed by atoms with Crippen molar-refractivity contribution in [3.63, 3.8) is 0 Å². The number of hydrogen-bond acceptors (Lipinski definition) is 2. The van der Waals surface area contributed by atoms with E-state index in [0.29, 0.717) is 6.54 Å². The van der Waals surface area contributed by atoms with Crippen LogP contribution in [-0.4, -0.2) is 11.7 Å². The van der Waals surface area contributed by atoms with Gasteiger partial charge in [-0.2, -0.15) is 0 Å². The number of carbonyl (C=O) groups is 2. The Labute approximate surface area is 115 Å². The number of carbonyl (C=O) groups excluding carboxylic acids is 2. The van der Waals surface area contributed by atoms with Gasteiger partial charge in [0.05, 0.1) is 0 Å². The van der Waals surface area contributed by atoms with E-state index in [1.165, 1.54) is 12.5 Å². The summed E-state index contributed by atoms with van der Waals surface area (Å²) in [6.07, 6.45) is 0. The molecule has 0 radical (unpaired) electrons. The minimum Gasteiger partial charge on any atom is -0.345 e. The van der Waals surface area contributed by atoms with E-state index in [-0.39, 0.29) is 5.41 Å².